The van der Waals surface area contributed by atoms with E-state index in [-0.39, 0.29) is 0 Å². The standard InChI is InChI=1S/C75H56N4/c1-55-48-49-72-73(50-55)75(57-27-23-41-65(52-57)79(63-38-18-7-19-39-63)69-45-25-43-67(54-69)77(60-32-12-4-13-33-60)61-34-14-5-15-35-61)71-47-21-20-46-70(71)74(72)56-26-22-40-64(51-56)78(62-36-16-6-17-37-62)68-44-24-42-66(53-68)76(58-28-8-2-9-29-58)59-30-10-3-11-31-59/h2-54H,1H3. The Morgan fingerprint density at radius 1 is 0.177 bits per heavy atom. The second-order valence-electron chi connectivity index (χ2n) is 19.8. The summed E-state index contributed by atoms with van der Waals surface area (Å²) < 4.78 is 0. The Balaban J connectivity index is 0.946. The van der Waals surface area contributed by atoms with E-state index in [2.05, 4.69) is 348 Å². The first-order valence-electron chi connectivity index (χ1n) is 27.0. The highest BCUT2D eigenvalue weighted by Gasteiger charge is 2.23. The number of anilines is 12. The van der Waals surface area contributed by atoms with Crippen molar-refractivity contribution in [3.8, 4) is 22.3 Å². The number of aryl methyl sites for hydroxylation is 1. The number of nitrogens with zero attached hydrogens (tertiary/aromatic N) is 4. The number of benzene rings is 13. The molecule has 13 aromatic rings. The van der Waals surface area contributed by atoms with Gasteiger partial charge in [-0.25, -0.2) is 0 Å². The van der Waals surface area contributed by atoms with E-state index in [0.29, 0.717) is 0 Å². The van der Waals surface area contributed by atoms with E-state index in [0.717, 1.165) is 79.4 Å². The van der Waals surface area contributed by atoms with Crippen molar-refractivity contribution in [3.63, 3.8) is 0 Å². The van der Waals surface area contributed by atoms with Gasteiger partial charge in [0.15, 0.2) is 0 Å². The highest BCUT2D eigenvalue weighted by Crippen LogP contribution is 2.48. The molecule has 0 saturated heterocycles. The smallest absolute Gasteiger partial charge is 0.0482 e. The SMILES string of the molecule is Cc1ccc2c(-c3cccc(N(c4ccccc4)c4cccc(N(c5ccccc5)c5ccccc5)c4)c3)c3ccccc3c(-c3cccc(N(c4ccccc4)c4cccc(N(c5ccccc5)c5ccccc5)c4)c3)c2c1. The molecule has 0 amide bonds. The second kappa shape index (κ2) is 21.7. The van der Waals surface area contributed by atoms with Crippen LogP contribution in [0.25, 0.3) is 43.8 Å². The van der Waals surface area contributed by atoms with Crippen LogP contribution in [0.5, 0.6) is 0 Å². The quantitative estimate of drug-likeness (QED) is 0.101. The molecule has 0 unspecified atom stereocenters. The Morgan fingerprint density at radius 2 is 0.418 bits per heavy atom. The number of hydrogen-bond acceptors (Lipinski definition) is 4. The normalized spacial score (nSPS) is 11.1. The van der Waals surface area contributed by atoms with Crippen molar-refractivity contribution >= 4 is 89.8 Å². The topological polar surface area (TPSA) is 13.0 Å². The van der Waals surface area contributed by atoms with Crippen LogP contribution in [-0.4, -0.2) is 0 Å². The summed E-state index contributed by atoms with van der Waals surface area (Å²) in [5, 5.41) is 4.80. The van der Waals surface area contributed by atoms with E-state index in [1.807, 2.05) is 0 Å². The molecule has 13 rings (SSSR count). The van der Waals surface area contributed by atoms with E-state index in [1.165, 1.54) is 38.2 Å². The summed E-state index contributed by atoms with van der Waals surface area (Å²) in [6, 6.07) is 116. The van der Waals surface area contributed by atoms with E-state index < -0.39 is 0 Å². The van der Waals surface area contributed by atoms with Crippen LogP contribution in [0, 0.1) is 6.92 Å². The molecular weight excluding hydrogens is 957 g/mol. The molecule has 0 bridgehead atoms. The summed E-state index contributed by atoms with van der Waals surface area (Å²) in [7, 11) is 0. The third-order valence-corrected chi connectivity index (χ3v) is 14.7. The van der Waals surface area contributed by atoms with Crippen molar-refractivity contribution in [2.24, 2.45) is 0 Å². The van der Waals surface area contributed by atoms with Crippen molar-refractivity contribution in [2.75, 3.05) is 19.6 Å². The molecule has 79 heavy (non-hydrogen) atoms. The Labute approximate surface area is 463 Å². The number of fused-ring (bicyclic) bond motifs is 2. The lowest BCUT2D eigenvalue weighted by Crippen LogP contribution is -2.13. The van der Waals surface area contributed by atoms with Gasteiger partial charge in [0.1, 0.15) is 0 Å². The molecule has 4 nitrogen and oxygen atoms in total. The summed E-state index contributed by atoms with van der Waals surface area (Å²) in [5.41, 5.74) is 18.8. The molecule has 0 spiro atoms. The molecule has 0 aliphatic carbocycles. The van der Waals surface area contributed by atoms with E-state index >= 15 is 0 Å². The molecule has 376 valence electrons. The summed E-state index contributed by atoms with van der Waals surface area (Å²) in [6.07, 6.45) is 0. The molecule has 0 atom stereocenters. The van der Waals surface area contributed by atoms with E-state index in [9.17, 15) is 0 Å². The van der Waals surface area contributed by atoms with Crippen LogP contribution in [-0.2, 0) is 0 Å². The summed E-state index contributed by atoms with van der Waals surface area (Å²) >= 11 is 0. The van der Waals surface area contributed by atoms with E-state index in [1.54, 1.807) is 0 Å². The van der Waals surface area contributed by atoms with Crippen molar-refractivity contribution in [3.05, 3.63) is 327 Å². The molecule has 0 aromatic heterocycles. The monoisotopic (exact) mass is 1010 g/mol. The largest absolute Gasteiger partial charge is 0.310 e. The van der Waals surface area contributed by atoms with Gasteiger partial charge in [-0.05, 0) is 184 Å². The Hall–Kier alpha value is -10.4. The van der Waals surface area contributed by atoms with Gasteiger partial charge in [0.25, 0.3) is 0 Å². The fourth-order valence-corrected chi connectivity index (χ4v) is 11.3. The lowest BCUT2D eigenvalue weighted by atomic mass is 9.85. The lowest BCUT2D eigenvalue weighted by Gasteiger charge is -2.30. The summed E-state index contributed by atoms with van der Waals surface area (Å²) in [4.78, 5) is 9.41. The molecular formula is C75H56N4. The summed E-state index contributed by atoms with van der Waals surface area (Å²) in [6.45, 7) is 2.20. The zero-order chi connectivity index (χ0) is 52.9. The van der Waals surface area contributed by atoms with Gasteiger partial charge in [0.05, 0.1) is 0 Å². The average molecular weight is 1010 g/mol. The lowest BCUT2D eigenvalue weighted by molar-refractivity contribution is 1.25. The predicted octanol–water partition coefficient (Wildman–Crippen LogP) is 21.5. The van der Waals surface area contributed by atoms with Gasteiger partial charge in [-0.15, -0.1) is 0 Å². The first-order valence-corrected chi connectivity index (χ1v) is 27.0. The van der Waals surface area contributed by atoms with Crippen LogP contribution in [0.2, 0.25) is 0 Å². The van der Waals surface area contributed by atoms with Gasteiger partial charge >= 0.3 is 0 Å². The first kappa shape index (κ1) is 48.2. The van der Waals surface area contributed by atoms with Crippen LogP contribution < -0.4 is 19.6 Å². The molecule has 0 radical (unpaired) electrons. The molecule has 0 N–H and O–H groups in total. The molecule has 13 aromatic carbocycles. The first-order chi connectivity index (χ1) is 39.1. The molecule has 0 saturated carbocycles. The maximum atomic E-state index is 2.38. The number of rotatable bonds is 14. The average Bonchev–Trinajstić information content (AvgIpc) is 3.53. The van der Waals surface area contributed by atoms with E-state index in [4.69, 9.17) is 0 Å². The van der Waals surface area contributed by atoms with Crippen LogP contribution in [0.3, 0.4) is 0 Å². The van der Waals surface area contributed by atoms with Crippen molar-refractivity contribution in [2.45, 2.75) is 6.92 Å². The molecule has 0 fully saturated rings. The van der Waals surface area contributed by atoms with Gasteiger partial charge in [0.2, 0.25) is 0 Å². The second-order valence-corrected chi connectivity index (χ2v) is 19.8. The Kier molecular flexibility index (Phi) is 13.2. The van der Waals surface area contributed by atoms with Gasteiger partial charge in [0, 0.05) is 68.2 Å². The molecule has 4 heteroatoms. The predicted molar refractivity (Wildman–Crippen MR) is 336 cm³/mol. The molecule has 0 aliphatic rings. The number of hydrogen-bond donors (Lipinski definition) is 0. The van der Waals surface area contributed by atoms with Gasteiger partial charge in [-0.1, -0.05) is 194 Å². The highest BCUT2D eigenvalue weighted by molar-refractivity contribution is 6.22. The van der Waals surface area contributed by atoms with Crippen molar-refractivity contribution in [1.29, 1.82) is 0 Å². The Bertz CT molecular complexity index is 4130. The van der Waals surface area contributed by atoms with Crippen LogP contribution in [0.1, 0.15) is 5.56 Å². The third-order valence-electron chi connectivity index (χ3n) is 14.7. The minimum absolute atomic E-state index is 1.05. The van der Waals surface area contributed by atoms with Gasteiger partial charge < -0.3 is 19.6 Å². The zero-order valence-corrected chi connectivity index (χ0v) is 43.9. The Morgan fingerprint density at radius 3 is 0.747 bits per heavy atom. The maximum Gasteiger partial charge on any atom is 0.0482 e. The van der Waals surface area contributed by atoms with Crippen LogP contribution in [0.4, 0.5) is 68.2 Å². The van der Waals surface area contributed by atoms with Gasteiger partial charge in [-0.3, -0.25) is 0 Å². The van der Waals surface area contributed by atoms with Crippen molar-refractivity contribution < 1.29 is 0 Å². The van der Waals surface area contributed by atoms with Crippen LogP contribution in [0.15, 0.2) is 322 Å². The minimum atomic E-state index is 1.05. The summed E-state index contributed by atoms with van der Waals surface area (Å²) in [5.74, 6) is 0. The maximum absolute atomic E-state index is 2.38. The number of para-hydroxylation sites is 6. The zero-order valence-electron chi connectivity index (χ0n) is 43.9. The molecule has 0 aliphatic heterocycles. The van der Waals surface area contributed by atoms with Gasteiger partial charge in [-0.2, -0.15) is 0 Å². The highest BCUT2D eigenvalue weighted by atomic mass is 15.2. The minimum Gasteiger partial charge on any atom is -0.310 e. The fourth-order valence-electron chi connectivity index (χ4n) is 11.3. The fraction of sp³-hybridized carbons (Fsp3) is 0.0133. The third kappa shape index (κ3) is 9.65. The van der Waals surface area contributed by atoms with Crippen molar-refractivity contribution in [1.82, 2.24) is 0 Å². The molecule has 0 heterocycles. The van der Waals surface area contributed by atoms with Crippen LogP contribution >= 0.6 is 0 Å².